The summed E-state index contributed by atoms with van der Waals surface area (Å²) in [6.45, 7) is 9.57. The van der Waals surface area contributed by atoms with Gasteiger partial charge in [-0.25, -0.2) is 13.1 Å². The summed E-state index contributed by atoms with van der Waals surface area (Å²) in [4.78, 5) is 0. The third-order valence-corrected chi connectivity index (χ3v) is 4.55. The number of hydrogen-bond donors (Lipinski definition) is 3. The van der Waals surface area contributed by atoms with Crippen molar-refractivity contribution < 1.29 is 8.42 Å². The Morgan fingerprint density at radius 2 is 2.05 bits per heavy atom. The minimum absolute atomic E-state index is 0.106. The maximum atomic E-state index is 12.2. The zero-order valence-electron chi connectivity index (χ0n) is 12.1. The van der Waals surface area contributed by atoms with Crippen LogP contribution in [0, 0.1) is 12.8 Å². The van der Waals surface area contributed by atoms with E-state index in [2.05, 4.69) is 20.2 Å². The predicted octanol–water partition coefficient (Wildman–Crippen LogP) is 1.15. The molecule has 19 heavy (non-hydrogen) atoms. The van der Waals surface area contributed by atoms with Crippen molar-refractivity contribution in [3.8, 4) is 0 Å². The van der Waals surface area contributed by atoms with E-state index in [1.807, 2.05) is 27.7 Å². The van der Waals surface area contributed by atoms with Gasteiger partial charge in [-0.1, -0.05) is 27.2 Å². The molecule has 1 heterocycles. The van der Waals surface area contributed by atoms with E-state index >= 15 is 0 Å². The molecule has 0 amide bonds. The van der Waals surface area contributed by atoms with Gasteiger partial charge in [-0.2, -0.15) is 5.10 Å². The van der Waals surface area contributed by atoms with Gasteiger partial charge in [0.05, 0.1) is 0 Å². The van der Waals surface area contributed by atoms with Gasteiger partial charge >= 0.3 is 0 Å². The number of nitrogens with one attached hydrogen (secondary N) is 3. The molecule has 0 saturated heterocycles. The van der Waals surface area contributed by atoms with Crippen molar-refractivity contribution in [3.05, 3.63) is 11.3 Å². The number of sulfonamides is 1. The van der Waals surface area contributed by atoms with Crippen molar-refractivity contribution in [1.29, 1.82) is 0 Å². The second-order valence-electron chi connectivity index (χ2n) is 4.78. The van der Waals surface area contributed by atoms with Crippen LogP contribution in [0.25, 0.3) is 0 Å². The van der Waals surface area contributed by atoms with Crippen LogP contribution in [0.4, 0.5) is 0 Å². The maximum absolute atomic E-state index is 12.2. The molecule has 0 aliphatic carbocycles. The van der Waals surface area contributed by atoms with Gasteiger partial charge in [0.1, 0.15) is 0 Å². The van der Waals surface area contributed by atoms with E-state index in [4.69, 9.17) is 0 Å². The lowest BCUT2D eigenvalue weighted by Gasteiger charge is -2.11. The van der Waals surface area contributed by atoms with Crippen LogP contribution in [-0.4, -0.2) is 31.7 Å². The normalized spacial score (nSPS) is 13.7. The molecule has 1 aromatic heterocycles. The Morgan fingerprint density at radius 1 is 1.37 bits per heavy atom. The van der Waals surface area contributed by atoms with E-state index in [9.17, 15) is 8.42 Å². The Hall–Kier alpha value is -0.920. The molecule has 110 valence electrons. The lowest BCUT2D eigenvalue weighted by atomic mass is 10.1. The van der Waals surface area contributed by atoms with Crippen molar-refractivity contribution >= 4 is 10.0 Å². The van der Waals surface area contributed by atoms with Crippen LogP contribution in [-0.2, 0) is 16.6 Å². The Morgan fingerprint density at radius 3 is 2.63 bits per heavy atom. The van der Waals surface area contributed by atoms with Crippen molar-refractivity contribution in [2.24, 2.45) is 5.92 Å². The van der Waals surface area contributed by atoms with Crippen LogP contribution in [0.1, 0.15) is 38.4 Å². The molecule has 6 nitrogen and oxygen atoms in total. The molecule has 0 bridgehead atoms. The van der Waals surface area contributed by atoms with Crippen molar-refractivity contribution in [2.45, 2.75) is 45.7 Å². The summed E-state index contributed by atoms with van der Waals surface area (Å²) in [5.41, 5.74) is 1.49. The molecule has 1 unspecified atom stereocenters. The maximum Gasteiger partial charge on any atom is 0.260 e. The third-order valence-electron chi connectivity index (χ3n) is 3.16. The monoisotopic (exact) mass is 288 g/mol. The predicted molar refractivity (Wildman–Crippen MR) is 75.3 cm³/mol. The number of hydrogen-bond acceptors (Lipinski definition) is 4. The Balaban J connectivity index is 2.88. The van der Waals surface area contributed by atoms with Crippen LogP contribution in [0.15, 0.2) is 5.03 Å². The Bertz CT molecular complexity index is 496. The van der Waals surface area contributed by atoms with Gasteiger partial charge in [-0.15, -0.1) is 0 Å². The van der Waals surface area contributed by atoms with Crippen molar-refractivity contribution in [1.82, 2.24) is 20.2 Å². The summed E-state index contributed by atoms with van der Waals surface area (Å²) in [6, 6.07) is 0. The standard InChI is InChI=1S/C12H24N4O2S/c1-5-9(3)7-14-19(17,18)12-11(8-13-6-2)10(4)15-16-12/h9,13-14H,5-8H2,1-4H3,(H,15,16). The van der Waals surface area contributed by atoms with Crippen molar-refractivity contribution in [2.75, 3.05) is 13.1 Å². The zero-order chi connectivity index (χ0) is 14.5. The summed E-state index contributed by atoms with van der Waals surface area (Å²) in [6.07, 6.45) is 0.937. The van der Waals surface area contributed by atoms with Gasteiger partial charge in [0, 0.05) is 24.3 Å². The average molecular weight is 288 g/mol. The number of aromatic amines is 1. The molecule has 3 N–H and O–H groups in total. The highest BCUT2D eigenvalue weighted by molar-refractivity contribution is 7.89. The molecule has 7 heteroatoms. The SMILES string of the molecule is CCNCc1c(S(=O)(=O)NCC(C)CC)n[nH]c1C. The zero-order valence-corrected chi connectivity index (χ0v) is 12.9. The molecule has 0 fully saturated rings. The first-order valence-corrected chi connectivity index (χ1v) is 8.14. The number of nitrogens with zero attached hydrogens (tertiary/aromatic N) is 1. The highest BCUT2D eigenvalue weighted by atomic mass is 32.2. The molecule has 1 atom stereocenters. The first-order chi connectivity index (χ1) is 8.92. The number of aromatic nitrogens is 2. The molecule has 0 aromatic carbocycles. The second-order valence-corrected chi connectivity index (χ2v) is 6.46. The first-order valence-electron chi connectivity index (χ1n) is 6.66. The smallest absolute Gasteiger partial charge is 0.260 e. The van der Waals surface area contributed by atoms with E-state index in [1.165, 1.54) is 0 Å². The molecule has 0 spiro atoms. The van der Waals surface area contributed by atoms with E-state index in [0.29, 0.717) is 24.6 Å². The fourth-order valence-corrected chi connectivity index (χ4v) is 2.93. The molecular weight excluding hydrogens is 264 g/mol. The molecule has 0 radical (unpaired) electrons. The molecule has 1 rings (SSSR count). The van der Waals surface area contributed by atoms with Crippen LogP contribution >= 0.6 is 0 Å². The summed E-state index contributed by atoms with van der Waals surface area (Å²) in [5.74, 6) is 0.312. The largest absolute Gasteiger partial charge is 0.313 e. The lowest BCUT2D eigenvalue weighted by Crippen LogP contribution is -2.29. The van der Waals surface area contributed by atoms with Gasteiger partial charge in [0.15, 0.2) is 5.03 Å². The summed E-state index contributed by atoms with van der Waals surface area (Å²) >= 11 is 0. The van der Waals surface area contributed by atoms with Gasteiger partial charge in [-0.3, -0.25) is 5.10 Å². The third kappa shape index (κ3) is 4.29. The summed E-state index contributed by atoms with van der Waals surface area (Å²) in [5, 5.41) is 9.91. The van der Waals surface area contributed by atoms with Gasteiger partial charge < -0.3 is 5.32 Å². The fourth-order valence-electron chi connectivity index (χ4n) is 1.58. The molecule has 0 aliphatic rings. The summed E-state index contributed by atoms with van der Waals surface area (Å²) < 4.78 is 27.1. The lowest BCUT2D eigenvalue weighted by molar-refractivity contribution is 0.525. The molecular formula is C12H24N4O2S. The average Bonchev–Trinajstić information content (AvgIpc) is 2.75. The minimum atomic E-state index is -3.54. The van der Waals surface area contributed by atoms with Gasteiger partial charge in [0.2, 0.25) is 0 Å². The van der Waals surface area contributed by atoms with Crippen LogP contribution in [0.2, 0.25) is 0 Å². The number of aryl methyl sites for hydroxylation is 1. The van der Waals surface area contributed by atoms with E-state index < -0.39 is 10.0 Å². The van der Waals surface area contributed by atoms with Crippen LogP contribution < -0.4 is 10.0 Å². The van der Waals surface area contributed by atoms with E-state index in [1.54, 1.807) is 0 Å². The number of rotatable bonds is 8. The highest BCUT2D eigenvalue weighted by Crippen LogP contribution is 2.16. The highest BCUT2D eigenvalue weighted by Gasteiger charge is 2.23. The van der Waals surface area contributed by atoms with Crippen LogP contribution in [0.3, 0.4) is 0 Å². The second kappa shape index (κ2) is 7.02. The quantitative estimate of drug-likeness (QED) is 0.670. The summed E-state index contributed by atoms with van der Waals surface area (Å²) in [7, 11) is -3.54. The van der Waals surface area contributed by atoms with Crippen molar-refractivity contribution in [3.63, 3.8) is 0 Å². The Labute approximate surface area is 115 Å². The molecule has 0 saturated carbocycles. The van der Waals surface area contributed by atoms with Gasteiger partial charge in [0.25, 0.3) is 10.0 Å². The fraction of sp³-hybridized carbons (Fsp3) is 0.750. The Kier molecular flexibility index (Phi) is 5.96. The van der Waals surface area contributed by atoms with Gasteiger partial charge in [-0.05, 0) is 19.4 Å². The van der Waals surface area contributed by atoms with Crippen LogP contribution in [0.5, 0.6) is 0 Å². The van der Waals surface area contributed by atoms with E-state index in [0.717, 1.165) is 18.7 Å². The first kappa shape index (κ1) is 16.1. The molecule has 0 aliphatic heterocycles. The van der Waals surface area contributed by atoms with E-state index in [-0.39, 0.29) is 5.03 Å². The minimum Gasteiger partial charge on any atom is -0.313 e. The topological polar surface area (TPSA) is 86.9 Å². The molecule has 1 aromatic rings. The number of H-pyrrole nitrogens is 1.